The molecule has 0 heterocycles. The third-order valence-electron chi connectivity index (χ3n) is 1.80. The van der Waals surface area contributed by atoms with Crippen LogP contribution in [-0.4, -0.2) is 57.0 Å². The second-order valence-electron chi connectivity index (χ2n) is 3.54. The summed E-state index contributed by atoms with van der Waals surface area (Å²) in [6.07, 6.45) is 0.989. The van der Waals surface area contributed by atoms with Crippen molar-refractivity contribution >= 4 is 17.3 Å². The van der Waals surface area contributed by atoms with Gasteiger partial charge in [-0.15, -0.1) is 0 Å². The molecule has 15 heavy (non-hydrogen) atoms. The molecule has 5 heteroatoms. The molecule has 0 radical (unpaired) electrons. The van der Waals surface area contributed by atoms with Crippen LogP contribution in [0.5, 0.6) is 0 Å². The summed E-state index contributed by atoms with van der Waals surface area (Å²) in [6.45, 7) is 6.31. The van der Waals surface area contributed by atoms with Crippen molar-refractivity contribution in [2.75, 3.05) is 46.9 Å². The summed E-state index contributed by atoms with van der Waals surface area (Å²) in [7, 11) is 4.08. The van der Waals surface area contributed by atoms with Crippen LogP contribution in [0.2, 0.25) is 0 Å². The normalized spacial score (nSPS) is 10.4. The number of ether oxygens (including phenoxy) is 1. The first-order chi connectivity index (χ1) is 7.16. The first kappa shape index (κ1) is 14.6. The van der Waals surface area contributed by atoms with E-state index in [1.165, 1.54) is 0 Å². The molecule has 0 rings (SSSR count). The summed E-state index contributed by atoms with van der Waals surface area (Å²) >= 11 is 5.10. The van der Waals surface area contributed by atoms with E-state index >= 15 is 0 Å². The molecule has 0 amide bonds. The summed E-state index contributed by atoms with van der Waals surface area (Å²) in [5.74, 6) is 0. The molecule has 0 aliphatic rings. The van der Waals surface area contributed by atoms with Gasteiger partial charge in [-0.1, -0.05) is 0 Å². The summed E-state index contributed by atoms with van der Waals surface area (Å²) in [4.78, 5) is 2.12. The van der Waals surface area contributed by atoms with Gasteiger partial charge in [0.1, 0.15) is 0 Å². The maximum Gasteiger partial charge on any atom is 0.166 e. The Morgan fingerprint density at radius 1 is 1.27 bits per heavy atom. The predicted octanol–water partition coefficient (Wildman–Crippen LogP) is 0.439. The molecule has 0 spiro atoms. The molecule has 4 nitrogen and oxygen atoms in total. The van der Waals surface area contributed by atoms with Gasteiger partial charge in [0.2, 0.25) is 0 Å². The van der Waals surface area contributed by atoms with Crippen molar-refractivity contribution in [3.8, 4) is 0 Å². The van der Waals surface area contributed by atoms with Crippen molar-refractivity contribution in [2.24, 2.45) is 0 Å². The fourth-order valence-electron chi connectivity index (χ4n) is 0.976. The Kier molecular flexibility index (Phi) is 9.88. The van der Waals surface area contributed by atoms with Crippen LogP contribution in [0.4, 0.5) is 0 Å². The molecule has 2 N–H and O–H groups in total. The molecule has 0 aliphatic heterocycles. The van der Waals surface area contributed by atoms with E-state index in [9.17, 15) is 0 Å². The van der Waals surface area contributed by atoms with E-state index in [1.54, 1.807) is 0 Å². The highest BCUT2D eigenvalue weighted by atomic mass is 32.1. The van der Waals surface area contributed by atoms with Crippen molar-refractivity contribution in [3.63, 3.8) is 0 Å². The predicted molar refractivity (Wildman–Crippen MR) is 68.3 cm³/mol. The molecule has 0 bridgehead atoms. The first-order valence-corrected chi connectivity index (χ1v) is 5.81. The first-order valence-electron chi connectivity index (χ1n) is 5.41. The summed E-state index contributed by atoms with van der Waals surface area (Å²) in [6, 6.07) is 0. The molecule has 0 aromatic carbocycles. The second-order valence-corrected chi connectivity index (χ2v) is 3.94. The van der Waals surface area contributed by atoms with E-state index in [1.807, 2.05) is 21.0 Å². The van der Waals surface area contributed by atoms with Gasteiger partial charge in [-0.2, -0.15) is 0 Å². The highest BCUT2D eigenvalue weighted by Gasteiger charge is 1.94. The zero-order chi connectivity index (χ0) is 11.5. The van der Waals surface area contributed by atoms with Gasteiger partial charge in [-0.3, -0.25) is 0 Å². The van der Waals surface area contributed by atoms with E-state index < -0.39 is 0 Å². The van der Waals surface area contributed by atoms with E-state index in [4.69, 9.17) is 17.0 Å². The van der Waals surface area contributed by atoms with Gasteiger partial charge in [0.15, 0.2) is 5.11 Å². The van der Waals surface area contributed by atoms with E-state index in [2.05, 4.69) is 15.5 Å². The smallest absolute Gasteiger partial charge is 0.166 e. The molecule has 0 unspecified atom stereocenters. The van der Waals surface area contributed by atoms with Gasteiger partial charge < -0.3 is 20.3 Å². The minimum atomic E-state index is 0.730. The Morgan fingerprint density at radius 2 is 1.93 bits per heavy atom. The lowest BCUT2D eigenvalue weighted by molar-refractivity contribution is 0.145. The van der Waals surface area contributed by atoms with Gasteiger partial charge in [0.05, 0.1) is 0 Å². The minimum absolute atomic E-state index is 0.730. The molecule has 0 saturated carbocycles. The fourth-order valence-corrected chi connectivity index (χ4v) is 1.18. The largest absolute Gasteiger partial charge is 0.382 e. The molecule has 0 aromatic rings. The number of rotatable bonds is 8. The van der Waals surface area contributed by atoms with Crippen LogP contribution in [0.15, 0.2) is 0 Å². The number of hydrogen-bond acceptors (Lipinski definition) is 3. The van der Waals surface area contributed by atoms with Crippen molar-refractivity contribution in [1.29, 1.82) is 0 Å². The van der Waals surface area contributed by atoms with Crippen molar-refractivity contribution < 1.29 is 4.74 Å². The van der Waals surface area contributed by atoms with Crippen molar-refractivity contribution in [1.82, 2.24) is 15.5 Å². The maximum absolute atomic E-state index is 5.22. The molecule has 0 aromatic heterocycles. The summed E-state index contributed by atoms with van der Waals surface area (Å²) < 4.78 is 5.22. The lowest BCUT2D eigenvalue weighted by Gasteiger charge is -2.13. The van der Waals surface area contributed by atoms with Crippen LogP contribution in [0.25, 0.3) is 0 Å². The van der Waals surface area contributed by atoms with Crippen LogP contribution < -0.4 is 10.6 Å². The van der Waals surface area contributed by atoms with Gasteiger partial charge in [0.25, 0.3) is 0 Å². The third kappa shape index (κ3) is 11.5. The van der Waals surface area contributed by atoms with E-state index in [0.29, 0.717) is 0 Å². The average molecular weight is 233 g/mol. The molecular formula is C10H23N3OS. The number of hydrogen-bond donors (Lipinski definition) is 2. The van der Waals surface area contributed by atoms with Crippen LogP contribution in [0, 0.1) is 0 Å². The van der Waals surface area contributed by atoms with Gasteiger partial charge in [0, 0.05) is 32.8 Å². The lowest BCUT2D eigenvalue weighted by Crippen LogP contribution is -2.39. The van der Waals surface area contributed by atoms with Crippen molar-refractivity contribution in [3.05, 3.63) is 0 Å². The number of nitrogens with zero attached hydrogens (tertiary/aromatic N) is 1. The lowest BCUT2D eigenvalue weighted by atomic mass is 10.4. The van der Waals surface area contributed by atoms with Crippen molar-refractivity contribution in [2.45, 2.75) is 13.3 Å². The molecular weight excluding hydrogens is 210 g/mol. The number of likely N-dealkylation sites (N-methyl/N-ethyl adjacent to an activating group) is 1. The number of nitrogens with one attached hydrogen (secondary N) is 2. The molecule has 90 valence electrons. The summed E-state index contributed by atoms with van der Waals surface area (Å²) in [5.41, 5.74) is 0. The summed E-state index contributed by atoms with van der Waals surface area (Å²) in [5, 5.41) is 7.01. The van der Waals surface area contributed by atoms with Crippen LogP contribution in [0.1, 0.15) is 13.3 Å². The Balaban J connectivity index is 3.19. The van der Waals surface area contributed by atoms with Gasteiger partial charge in [-0.25, -0.2) is 0 Å². The molecule has 0 atom stereocenters. The van der Waals surface area contributed by atoms with E-state index in [0.717, 1.165) is 44.4 Å². The standard InChI is InChI=1S/C10H23N3OS/c1-4-14-9-5-6-11-10(15)12-7-8-13(2)3/h4-9H2,1-3H3,(H2,11,12,15). The Morgan fingerprint density at radius 3 is 2.53 bits per heavy atom. The molecule has 0 saturated heterocycles. The Hall–Kier alpha value is -0.390. The second kappa shape index (κ2) is 10.1. The molecule has 0 fully saturated rings. The topological polar surface area (TPSA) is 36.5 Å². The van der Waals surface area contributed by atoms with Crippen LogP contribution in [0.3, 0.4) is 0 Å². The maximum atomic E-state index is 5.22. The van der Waals surface area contributed by atoms with Gasteiger partial charge >= 0.3 is 0 Å². The quantitative estimate of drug-likeness (QED) is 0.470. The SMILES string of the molecule is CCOCCCNC(=S)NCCN(C)C. The Labute approximate surface area is 98.4 Å². The fraction of sp³-hybridized carbons (Fsp3) is 0.900. The number of thiocarbonyl (C=S) groups is 1. The Bertz CT molecular complexity index is 165. The zero-order valence-electron chi connectivity index (χ0n) is 10.0. The highest BCUT2D eigenvalue weighted by molar-refractivity contribution is 7.80. The monoisotopic (exact) mass is 233 g/mol. The van der Waals surface area contributed by atoms with E-state index in [-0.39, 0.29) is 0 Å². The molecule has 0 aliphatic carbocycles. The van der Waals surface area contributed by atoms with Crippen LogP contribution >= 0.6 is 12.2 Å². The third-order valence-corrected chi connectivity index (χ3v) is 2.09. The highest BCUT2D eigenvalue weighted by Crippen LogP contribution is 1.80. The van der Waals surface area contributed by atoms with Crippen LogP contribution in [-0.2, 0) is 4.74 Å². The van der Waals surface area contributed by atoms with Gasteiger partial charge in [-0.05, 0) is 39.7 Å². The minimum Gasteiger partial charge on any atom is -0.382 e. The average Bonchev–Trinajstić information content (AvgIpc) is 2.17. The zero-order valence-corrected chi connectivity index (χ0v) is 10.8.